The molecule has 0 bridgehead atoms. The van der Waals surface area contributed by atoms with Gasteiger partial charge < -0.3 is 20.4 Å². The van der Waals surface area contributed by atoms with E-state index in [0.717, 1.165) is 37.6 Å². The summed E-state index contributed by atoms with van der Waals surface area (Å²) in [5.74, 6) is 0.860. The zero-order valence-electron chi connectivity index (χ0n) is 18.8. The standard InChI is InChI=1S/C22H39N5O.HI/c1-6-15-27(16-7-2)17-9-14-24-22(23-8-3)25-18-19-10-12-20(13-11-19)21(28)26(4)5;/h10-13H,6-9,14-18H2,1-5H3,(H2,23,24,25);1H. The van der Waals surface area contributed by atoms with Crippen molar-refractivity contribution in [2.75, 3.05) is 46.8 Å². The van der Waals surface area contributed by atoms with Crippen LogP contribution >= 0.6 is 24.0 Å². The van der Waals surface area contributed by atoms with Crippen molar-refractivity contribution in [1.29, 1.82) is 0 Å². The first kappa shape index (κ1) is 27.6. The largest absolute Gasteiger partial charge is 0.357 e. The second kappa shape index (κ2) is 16.4. The summed E-state index contributed by atoms with van der Waals surface area (Å²) in [5, 5.41) is 6.73. The van der Waals surface area contributed by atoms with Crippen molar-refractivity contribution in [1.82, 2.24) is 20.4 Å². The van der Waals surface area contributed by atoms with Gasteiger partial charge >= 0.3 is 0 Å². The molecule has 29 heavy (non-hydrogen) atoms. The van der Waals surface area contributed by atoms with Gasteiger partial charge in [0.2, 0.25) is 0 Å². The molecule has 6 nitrogen and oxygen atoms in total. The van der Waals surface area contributed by atoms with Gasteiger partial charge in [-0.2, -0.15) is 0 Å². The van der Waals surface area contributed by atoms with E-state index >= 15 is 0 Å². The lowest BCUT2D eigenvalue weighted by Gasteiger charge is -2.21. The van der Waals surface area contributed by atoms with E-state index in [1.807, 2.05) is 24.3 Å². The van der Waals surface area contributed by atoms with Gasteiger partial charge in [0.05, 0.1) is 6.54 Å². The monoisotopic (exact) mass is 517 g/mol. The van der Waals surface area contributed by atoms with E-state index in [1.54, 1.807) is 19.0 Å². The molecule has 7 heteroatoms. The Bertz CT molecular complexity index is 583. The third kappa shape index (κ3) is 11.4. The minimum Gasteiger partial charge on any atom is -0.357 e. The normalized spacial score (nSPS) is 11.2. The maximum absolute atomic E-state index is 12.0. The van der Waals surface area contributed by atoms with E-state index in [4.69, 9.17) is 0 Å². The number of amides is 1. The molecule has 1 rings (SSSR count). The van der Waals surface area contributed by atoms with Crippen molar-refractivity contribution < 1.29 is 4.79 Å². The van der Waals surface area contributed by atoms with Crippen LogP contribution in [0.4, 0.5) is 0 Å². The Morgan fingerprint density at radius 1 is 0.966 bits per heavy atom. The number of nitrogens with one attached hydrogen (secondary N) is 2. The highest BCUT2D eigenvalue weighted by Crippen LogP contribution is 2.07. The lowest BCUT2D eigenvalue weighted by Crippen LogP contribution is -2.39. The van der Waals surface area contributed by atoms with Crippen molar-refractivity contribution in [3.05, 3.63) is 35.4 Å². The molecule has 1 aromatic carbocycles. The smallest absolute Gasteiger partial charge is 0.253 e. The molecule has 1 aromatic rings. The van der Waals surface area contributed by atoms with E-state index in [-0.39, 0.29) is 29.9 Å². The van der Waals surface area contributed by atoms with Gasteiger partial charge in [-0.15, -0.1) is 24.0 Å². The quantitative estimate of drug-likeness (QED) is 0.193. The first-order chi connectivity index (χ1) is 13.5. The van der Waals surface area contributed by atoms with Gasteiger partial charge in [0.25, 0.3) is 5.91 Å². The summed E-state index contributed by atoms with van der Waals surface area (Å²) < 4.78 is 0. The fourth-order valence-corrected chi connectivity index (χ4v) is 3.00. The number of rotatable bonds is 12. The molecule has 1 amide bonds. The van der Waals surface area contributed by atoms with Crippen molar-refractivity contribution in [3.8, 4) is 0 Å². The Kier molecular flexibility index (Phi) is 15.7. The van der Waals surface area contributed by atoms with Crippen LogP contribution in [-0.2, 0) is 6.54 Å². The number of carbonyl (C=O) groups excluding carboxylic acids is 1. The minimum absolute atomic E-state index is 0. The molecule has 0 spiro atoms. The van der Waals surface area contributed by atoms with Gasteiger partial charge in [0.15, 0.2) is 5.96 Å². The molecular weight excluding hydrogens is 477 g/mol. The van der Waals surface area contributed by atoms with Crippen LogP contribution in [0.15, 0.2) is 29.3 Å². The summed E-state index contributed by atoms with van der Waals surface area (Å²) in [4.78, 5) is 20.7. The van der Waals surface area contributed by atoms with E-state index in [0.29, 0.717) is 12.1 Å². The molecule has 0 aromatic heterocycles. The van der Waals surface area contributed by atoms with Gasteiger partial charge in [0.1, 0.15) is 0 Å². The van der Waals surface area contributed by atoms with Crippen LogP contribution in [0.3, 0.4) is 0 Å². The topological polar surface area (TPSA) is 60.0 Å². The predicted molar refractivity (Wildman–Crippen MR) is 134 cm³/mol. The molecule has 0 saturated carbocycles. The molecule has 0 atom stereocenters. The molecule has 2 N–H and O–H groups in total. The van der Waals surface area contributed by atoms with Crippen LogP contribution in [-0.4, -0.2) is 68.5 Å². The third-order valence-corrected chi connectivity index (χ3v) is 4.39. The number of guanidine groups is 1. The zero-order valence-corrected chi connectivity index (χ0v) is 21.2. The van der Waals surface area contributed by atoms with E-state index in [9.17, 15) is 4.79 Å². The molecule has 0 aliphatic rings. The highest BCUT2D eigenvalue weighted by atomic mass is 127. The number of carbonyl (C=O) groups is 1. The van der Waals surface area contributed by atoms with Crippen LogP contribution in [0.5, 0.6) is 0 Å². The zero-order chi connectivity index (χ0) is 20.8. The van der Waals surface area contributed by atoms with Crippen LogP contribution in [0.1, 0.15) is 56.0 Å². The molecule has 0 aliphatic carbocycles. The molecular formula is C22H40IN5O. The fourth-order valence-electron chi connectivity index (χ4n) is 3.00. The number of hydrogen-bond donors (Lipinski definition) is 2. The summed E-state index contributed by atoms with van der Waals surface area (Å²) in [7, 11) is 3.53. The van der Waals surface area contributed by atoms with Crippen LogP contribution < -0.4 is 10.6 Å². The van der Waals surface area contributed by atoms with Gasteiger partial charge in [-0.25, -0.2) is 4.99 Å². The SMILES string of the molecule is CCCN(CCC)CCCNC(=NCc1ccc(C(=O)N(C)C)cc1)NCC.I. The summed E-state index contributed by atoms with van der Waals surface area (Å²) in [5.41, 5.74) is 1.79. The lowest BCUT2D eigenvalue weighted by molar-refractivity contribution is 0.0827. The second-order valence-corrected chi connectivity index (χ2v) is 7.21. The van der Waals surface area contributed by atoms with Crippen LogP contribution in [0.2, 0.25) is 0 Å². The number of hydrogen-bond acceptors (Lipinski definition) is 3. The molecule has 0 fully saturated rings. The van der Waals surface area contributed by atoms with Gasteiger partial charge in [-0.3, -0.25) is 4.79 Å². The average Bonchev–Trinajstić information content (AvgIpc) is 2.69. The summed E-state index contributed by atoms with van der Waals surface area (Å²) >= 11 is 0. The van der Waals surface area contributed by atoms with E-state index < -0.39 is 0 Å². The second-order valence-electron chi connectivity index (χ2n) is 7.21. The van der Waals surface area contributed by atoms with Crippen molar-refractivity contribution in [2.24, 2.45) is 4.99 Å². The summed E-state index contributed by atoms with van der Waals surface area (Å²) in [6.45, 7) is 12.3. The Hall–Kier alpha value is -1.35. The maximum atomic E-state index is 12.0. The number of aliphatic imine (C=N–C) groups is 1. The van der Waals surface area contributed by atoms with Crippen molar-refractivity contribution in [3.63, 3.8) is 0 Å². The first-order valence-electron chi connectivity index (χ1n) is 10.6. The minimum atomic E-state index is 0. The summed E-state index contributed by atoms with van der Waals surface area (Å²) in [6, 6.07) is 7.67. The molecule has 0 aliphatic heterocycles. The molecule has 0 saturated heterocycles. The van der Waals surface area contributed by atoms with Gasteiger partial charge in [0, 0.05) is 32.7 Å². The van der Waals surface area contributed by atoms with Gasteiger partial charge in [-0.1, -0.05) is 26.0 Å². The number of halogens is 1. The number of nitrogens with zero attached hydrogens (tertiary/aromatic N) is 3. The van der Waals surface area contributed by atoms with Crippen molar-refractivity contribution in [2.45, 2.75) is 46.6 Å². The molecule has 0 heterocycles. The predicted octanol–water partition coefficient (Wildman–Crippen LogP) is 3.57. The highest BCUT2D eigenvalue weighted by molar-refractivity contribution is 14.0. The van der Waals surface area contributed by atoms with E-state index in [2.05, 4.69) is 41.3 Å². The highest BCUT2D eigenvalue weighted by Gasteiger charge is 2.07. The van der Waals surface area contributed by atoms with Gasteiger partial charge in [-0.05, 0) is 63.5 Å². The maximum Gasteiger partial charge on any atom is 0.253 e. The fraction of sp³-hybridized carbons (Fsp3) is 0.636. The lowest BCUT2D eigenvalue weighted by atomic mass is 10.1. The Balaban J connectivity index is 0.00000784. The Morgan fingerprint density at radius 2 is 1.59 bits per heavy atom. The molecule has 0 radical (unpaired) electrons. The Morgan fingerprint density at radius 3 is 2.10 bits per heavy atom. The molecule has 166 valence electrons. The average molecular weight is 518 g/mol. The summed E-state index contributed by atoms with van der Waals surface area (Å²) in [6.07, 6.45) is 3.51. The molecule has 0 unspecified atom stereocenters. The van der Waals surface area contributed by atoms with Crippen molar-refractivity contribution >= 4 is 35.8 Å². The third-order valence-electron chi connectivity index (χ3n) is 4.39. The van der Waals surface area contributed by atoms with Crippen LogP contribution in [0, 0.1) is 0 Å². The first-order valence-corrected chi connectivity index (χ1v) is 10.6. The Labute approximate surface area is 194 Å². The number of benzene rings is 1. The van der Waals surface area contributed by atoms with Crippen LogP contribution in [0.25, 0.3) is 0 Å². The van der Waals surface area contributed by atoms with E-state index in [1.165, 1.54) is 25.9 Å².